The largest absolute Gasteiger partial charge is 0.481 e. The van der Waals surface area contributed by atoms with Gasteiger partial charge in [0.2, 0.25) is 22.3 Å². The lowest BCUT2D eigenvalue weighted by atomic mass is 10.1. The number of nitrogens with one attached hydrogen (secondary N) is 3. The van der Waals surface area contributed by atoms with Crippen molar-refractivity contribution in [1.29, 1.82) is 0 Å². The molecular weight excluding hydrogens is 671 g/mol. The van der Waals surface area contributed by atoms with Crippen molar-refractivity contribution in [2.24, 2.45) is 14.1 Å². The molecule has 12 nitrogen and oxygen atoms in total. The fourth-order valence-electron chi connectivity index (χ4n) is 4.92. The van der Waals surface area contributed by atoms with Crippen molar-refractivity contribution in [3.63, 3.8) is 0 Å². The van der Waals surface area contributed by atoms with Gasteiger partial charge in [0.15, 0.2) is 0 Å². The highest BCUT2D eigenvalue weighted by Gasteiger charge is 2.16. The van der Waals surface area contributed by atoms with Crippen LogP contribution in [-0.4, -0.2) is 38.0 Å². The fraction of sp³-hybridized carbons (Fsp3) is 0.143. The molecule has 0 bridgehead atoms. The number of hydrogen-bond donors (Lipinski definition) is 3. The fourth-order valence-corrected chi connectivity index (χ4v) is 5.17. The van der Waals surface area contributed by atoms with Gasteiger partial charge in [0.25, 0.3) is 11.8 Å². The van der Waals surface area contributed by atoms with Crippen LogP contribution in [0.2, 0.25) is 10.0 Å². The summed E-state index contributed by atoms with van der Waals surface area (Å²) < 4.78 is 8.26. The van der Waals surface area contributed by atoms with Crippen molar-refractivity contribution in [1.82, 2.24) is 29.7 Å². The van der Waals surface area contributed by atoms with E-state index in [1.165, 1.54) is 31.6 Å². The smallest absolute Gasteiger partial charge is 0.257 e. The van der Waals surface area contributed by atoms with E-state index in [0.717, 1.165) is 11.1 Å². The van der Waals surface area contributed by atoms with Crippen LogP contribution < -0.4 is 31.8 Å². The summed E-state index contributed by atoms with van der Waals surface area (Å²) in [5.41, 5.74) is 1.58. The van der Waals surface area contributed by atoms with Crippen LogP contribution in [0.15, 0.2) is 99.6 Å². The Morgan fingerprint density at radius 3 is 1.73 bits per heavy atom. The first kappa shape index (κ1) is 34.6. The van der Waals surface area contributed by atoms with Crippen LogP contribution >= 0.6 is 23.2 Å². The van der Waals surface area contributed by atoms with E-state index in [0.29, 0.717) is 39.2 Å². The van der Waals surface area contributed by atoms with Gasteiger partial charge in [-0.05, 0) is 47.5 Å². The van der Waals surface area contributed by atoms with Gasteiger partial charge < -0.3 is 29.5 Å². The maximum absolute atomic E-state index is 12.6. The average molecular weight is 702 g/mol. The quantitative estimate of drug-likeness (QED) is 0.224. The van der Waals surface area contributed by atoms with E-state index >= 15 is 0 Å². The second-order valence-electron chi connectivity index (χ2n) is 10.9. The summed E-state index contributed by atoms with van der Waals surface area (Å²) in [6, 6.07) is 20.1. The molecule has 0 aliphatic heterocycles. The predicted molar refractivity (Wildman–Crippen MR) is 189 cm³/mol. The summed E-state index contributed by atoms with van der Waals surface area (Å²) in [5, 5.41) is 7.35. The molecule has 3 N–H and O–H groups in total. The Bertz CT molecular complexity index is 2370. The van der Waals surface area contributed by atoms with Crippen LogP contribution in [0.25, 0.3) is 22.1 Å². The molecule has 0 atom stereocenters. The van der Waals surface area contributed by atoms with Gasteiger partial charge in [-0.1, -0.05) is 47.5 Å². The van der Waals surface area contributed by atoms with Gasteiger partial charge in [0.05, 0.1) is 17.9 Å². The summed E-state index contributed by atoms with van der Waals surface area (Å²) in [6.45, 7) is 0.584. The first-order valence-corrected chi connectivity index (χ1v) is 15.5. The Hall–Kier alpha value is -5.72. The van der Waals surface area contributed by atoms with Crippen molar-refractivity contribution in [3.8, 4) is 5.88 Å². The lowest BCUT2D eigenvalue weighted by Gasteiger charge is -2.10. The zero-order chi connectivity index (χ0) is 35.2. The Labute approximate surface area is 288 Å². The van der Waals surface area contributed by atoms with Crippen LogP contribution in [0.4, 0.5) is 0 Å². The highest BCUT2D eigenvalue weighted by atomic mass is 35.5. The molecule has 2 amide bonds. The van der Waals surface area contributed by atoms with Crippen LogP contribution in [0, 0.1) is 0 Å². The molecule has 0 aliphatic carbocycles. The van der Waals surface area contributed by atoms with Gasteiger partial charge in [-0.15, -0.1) is 0 Å². The number of H-pyrrole nitrogens is 1. The number of rotatable bonds is 7. The monoisotopic (exact) mass is 700 g/mol. The third kappa shape index (κ3) is 8.06. The summed E-state index contributed by atoms with van der Waals surface area (Å²) in [4.78, 5) is 68.1. The second-order valence-corrected chi connectivity index (χ2v) is 11.8. The van der Waals surface area contributed by atoms with E-state index in [2.05, 4.69) is 20.6 Å². The molecule has 0 saturated carbocycles. The van der Waals surface area contributed by atoms with Crippen LogP contribution in [0.3, 0.4) is 0 Å². The van der Waals surface area contributed by atoms with E-state index in [-0.39, 0.29) is 34.0 Å². The number of aryl methyl sites for hydroxylation is 2. The van der Waals surface area contributed by atoms with Crippen molar-refractivity contribution >= 4 is 57.1 Å². The Morgan fingerprint density at radius 1 is 0.714 bits per heavy atom. The predicted octanol–water partition coefficient (Wildman–Crippen LogP) is 4.34. The topological polar surface area (TPSA) is 157 Å². The summed E-state index contributed by atoms with van der Waals surface area (Å²) in [5.74, 6) is -0.505. The number of carbonyl (C=O) groups excluding carboxylic acids is 2. The number of hydrogen-bond acceptors (Lipinski definition) is 7. The maximum Gasteiger partial charge on any atom is 0.257 e. The molecule has 0 unspecified atom stereocenters. The second kappa shape index (κ2) is 15.0. The maximum atomic E-state index is 12.6. The van der Waals surface area contributed by atoms with Gasteiger partial charge in [0.1, 0.15) is 22.4 Å². The third-order valence-electron chi connectivity index (χ3n) is 7.49. The van der Waals surface area contributed by atoms with Gasteiger partial charge in [-0.25, -0.2) is 0 Å². The molecule has 6 rings (SSSR count). The first-order valence-electron chi connectivity index (χ1n) is 14.8. The minimum atomic E-state index is -0.473. The first-order chi connectivity index (χ1) is 23.4. The number of aromatic amines is 1. The number of amides is 2. The Balaban J connectivity index is 0.000000191. The van der Waals surface area contributed by atoms with Crippen LogP contribution in [-0.2, 0) is 27.2 Å². The molecule has 0 spiro atoms. The Kier molecular flexibility index (Phi) is 10.6. The van der Waals surface area contributed by atoms with Crippen molar-refractivity contribution in [2.75, 3.05) is 7.11 Å². The molecule has 0 saturated heterocycles. The van der Waals surface area contributed by atoms with Gasteiger partial charge >= 0.3 is 0 Å². The number of benzene rings is 2. The van der Waals surface area contributed by atoms with Crippen molar-refractivity contribution < 1.29 is 14.3 Å². The standard InChI is InChI=1S/C18H16ClN3O3.C17H14ClN3O3/c1-22-10-14(16(23)13-7-8-15(25-2)21-17(13)22)18(24)20-9-11-3-5-12(19)6-4-11;1-21-9-13(15(23)12-6-7-14(22)20-16(12)21)17(24)19-8-10-2-4-11(18)5-3-10/h3-8,10H,9H2,1-2H3,(H,20,24);2-7,9H,8H2,1H3,(H,19,24)(H,20,22). The molecular formula is C35H30Cl2N6O6. The number of ether oxygens (including phenoxy) is 1. The minimum absolute atomic E-state index is 0.0195. The van der Waals surface area contributed by atoms with E-state index in [1.807, 2.05) is 12.1 Å². The Morgan fingerprint density at radius 2 is 1.20 bits per heavy atom. The molecule has 0 fully saturated rings. The molecule has 6 aromatic rings. The van der Waals surface area contributed by atoms with E-state index in [9.17, 15) is 24.0 Å². The number of methoxy groups -OCH3 is 1. The molecule has 0 radical (unpaired) electrons. The molecule has 4 heterocycles. The summed E-state index contributed by atoms with van der Waals surface area (Å²) in [7, 11) is 4.89. The number of carbonyl (C=O) groups is 2. The lowest BCUT2D eigenvalue weighted by molar-refractivity contribution is 0.0941. The van der Waals surface area contributed by atoms with Gasteiger partial charge in [-0.2, -0.15) is 4.98 Å². The van der Waals surface area contributed by atoms with E-state index in [4.69, 9.17) is 27.9 Å². The molecule has 14 heteroatoms. The highest BCUT2D eigenvalue weighted by molar-refractivity contribution is 6.30. The summed E-state index contributed by atoms with van der Waals surface area (Å²) in [6.07, 6.45) is 2.89. The van der Waals surface area contributed by atoms with Gasteiger partial charge in [-0.3, -0.25) is 24.0 Å². The summed E-state index contributed by atoms with van der Waals surface area (Å²) >= 11 is 11.7. The number of fused-ring (bicyclic) bond motifs is 2. The van der Waals surface area contributed by atoms with Crippen LogP contribution in [0.1, 0.15) is 31.8 Å². The average Bonchev–Trinajstić information content (AvgIpc) is 3.10. The van der Waals surface area contributed by atoms with Gasteiger partial charge in [0, 0.05) is 61.8 Å². The number of aromatic nitrogens is 4. The van der Waals surface area contributed by atoms with E-state index < -0.39 is 17.2 Å². The SMILES string of the molecule is COc1ccc2c(=O)c(C(=O)NCc3ccc(Cl)cc3)cn(C)c2n1.Cn1cc(C(=O)NCc2ccc(Cl)cc2)c(=O)c2ccc(=O)[nH]c21. The minimum Gasteiger partial charge on any atom is -0.481 e. The molecule has 2 aromatic carbocycles. The molecule has 4 aromatic heterocycles. The zero-order valence-corrected chi connectivity index (χ0v) is 28.1. The number of nitrogens with zero attached hydrogens (tertiary/aromatic N) is 3. The zero-order valence-electron chi connectivity index (χ0n) is 26.5. The molecule has 0 aliphatic rings. The lowest BCUT2D eigenvalue weighted by Crippen LogP contribution is -2.29. The van der Waals surface area contributed by atoms with Crippen molar-refractivity contribution in [2.45, 2.75) is 13.1 Å². The molecule has 250 valence electrons. The normalized spacial score (nSPS) is 10.7. The van der Waals surface area contributed by atoms with E-state index in [1.54, 1.807) is 71.8 Å². The third-order valence-corrected chi connectivity index (χ3v) is 7.99. The van der Waals surface area contributed by atoms with Crippen molar-refractivity contribution in [3.05, 3.63) is 148 Å². The molecule has 49 heavy (non-hydrogen) atoms. The van der Waals surface area contributed by atoms with Crippen LogP contribution in [0.5, 0.6) is 5.88 Å². The number of halogens is 2. The highest BCUT2D eigenvalue weighted by Crippen LogP contribution is 2.15. The number of pyridine rings is 4.